The number of unbranched alkanes of at least 4 members (excludes halogenated alkanes) is 6. The summed E-state index contributed by atoms with van der Waals surface area (Å²) in [5.74, 6) is -2.81. The highest BCUT2D eigenvalue weighted by Crippen LogP contribution is 2.09. The smallest absolute Gasteiger partial charge is 0.303 e. The van der Waals surface area contributed by atoms with Gasteiger partial charge < -0.3 is 31.7 Å². The lowest BCUT2D eigenvalue weighted by Crippen LogP contribution is -2.26. The number of hydrogen-bond donors (Lipinski definition) is 6. The molecule has 0 atom stereocenters. The van der Waals surface area contributed by atoms with Crippen LogP contribution >= 0.6 is 23.2 Å². The third-order valence-corrected chi connectivity index (χ3v) is 6.99. The van der Waals surface area contributed by atoms with Gasteiger partial charge in [0.15, 0.2) is 0 Å². The molecule has 0 aliphatic heterocycles. The third kappa shape index (κ3) is 28.1. The summed E-state index contributed by atoms with van der Waals surface area (Å²) in [6.07, 6.45) is 7.27. The van der Waals surface area contributed by atoms with Crippen molar-refractivity contribution in [3.63, 3.8) is 0 Å². The van der Waals surface area contributed by atoms with Crippen LogP contribution in [0.5, 0.6) is 0 Å². The molecule has 0 aliphatic rings. The Hall–Kier alpha value is -4.33. The molecule has 51 heavy (non-hydrogen) atoms. The van der Waals surface area contributed by atoms with Gasteiger partial charge >= 0.3 is 17.9 Å². The van der Waals surface area contributed by atoms with Crippen LogP contribution in [0.1, 0.15) is 133 Å². The summed E-state index contributed by atoms with van der Waals surface area (Å²) in [6.45, 7) is 1.62. The van der Waals surface area contributed by atoms with Crippen LogP contribution in [0, 0.1) is 0 Å². The summed E-state index contributed by atoms with van der Waals surface area (Å²) in [7, 11) is 0. The Kier molecular flexibility index (Phi) is 31.7. The van der Waals surface area contributed by atoms with E-state index in [2.05, 4.69) is 10.6 Å². The van der Waals surface area contributed by atoms with E-state index in [1.54, 1.807) is 24.3 Å². The molecular weight excluding hydrogens is 705 g/mol. The molecular formula is C36H53Cl2N3O10. The van der Waals surface area contributed by atoms with Crippen LogP contribution < -0.4 is 16.4 Å². The van der Waals surface area contributed by atoms with Crippen molar-refractivity contribution in [1.82, 2.24) is 10.6 Å². The van der Waals surface area contributed by atoms with Gasteiger partial charge in [-0.15, -0.1) is 0 Å². The Morgan fingerprint density at radius 2 is 0.745 bits per heavy atom. The Morgan fingerprint density at radius 1 is 0.471 bits per heavy atom. The molecule has 0 fully saturated rings. The van der Waals surface area contributed by atoms with Crippen LogP contribution in [-0.2, 0) is 14.4 Å². The van der Waals surface area contributed by atoms with Crippen molar-refractivity contribution in [1.29, 1.82) is 0 Å². The lowest BCUT2D eigenvalue weighted by molar-refractivity contribution is -0.138. The van der Waals surface area contributed by atoms with Crippen molar-refractivity contribution < 1.29 is 48.9 Å². The van der Waals surface area contributed by atoms with Crippen molar-refractivity contribution in [2.24, 2.45) is 5.73 Å². The predicted molar refractivity (Wildman–Crippen MR) is 199 cm³/mol. The number of nitrogens with one attached hydrogen (secondary N) is 2. The Labute approximate surface area is 310 Å². The minimum absolute atomic E-state index is 0. The Balaban J connectivity index is -0.000000823. The first-order valence-corrected chi connectivity index (χ1v) is 16.6. The number of hydrogen-bond acceptors (Lipinski definition) is 8. The maximum Gasteiger partial charge on any atom is 0.303 e. The number of rotatable bonds is 21. The molecule has 2 aromatic carbocycles. The highest BCUT2D eigenvalue weighted by Gasteiger charge is 2.09. The second-order valence-electron chi connectivity index (χ2n) is 10.6. The van der Waals surface area contributed by atoms with Gasteiger partial charge in [0, 0.05) is 54.6 Å². The number of nitrogens with two attached hydrogens (primary N) is 1. The molecule has 0 bridgehead atoms. The molecule has 2 amide bonds. The van der Waals surface area contributed by atoms with E-state index < -0.39 is 28.4 Å². The lowest BCUT2D eigenvalue weighted by atomic mass is 10.1. The van der Waals surface area contributed by atoms with Gasteiger partial charge in [0.1, 0.15) is 0 Å². The lowest BCUT2D eigenvalue weighted by Gasteiger charge is -2.07. The van der Waals surface area contributed by atoms with E-state index in [0.29, 0.717) is 67.6 Å². The minimum Gasteiger partial charge on any atom is -0.481 e. The van der Waals surface area contributed by atoms with Gasteiger partial charge in [0.2, 0.25) is 0 Å². The molecule has 7 N–H and O–H groups in total. The van der Waals surface area contributed by atoms with Crippen molar-refractivity contribution in [2.75, 3.05) is 19.6 Å². The van der Waals surface area contributed by atoms with Crippen LogP contribution in [0.3, 0.4) is 0 Å². The molecule has 0 heterocycles. The maximum absolute atomic E-state index is 12.0. The number of aliphatic carboxylic acids is 3. The SMILES string of the molecule is C.C.NCCCCCC(=O)O.O=C(Cl)c1ccc(C(=O)Cl)cc1.O=C(O)CCCCCNC(=O)c1ccc(C(=O)NCCCCCC(=O)O)cc1. The van der Waals surface area contributed by atoms with Crippen molar-refractivity contribution in [2.45, 2.75) is 91.9 Å². The number of carboxylic acids is 3. The number of carboxylic acid groups (broad SMARTS) is 3. The molecule has 0 spiro atoms. The van der Waals surface area contributed by atoms with E-state index in [9.17, 15) is 33.6 Å². The minimum atomic E-state index is -0.814. The fourth-order valence-electron chi connectivity index (χ4n) is 3.87. The predicted octanol–water partition coefficient (Wildman–Crippen LogP) is 6.74. The summed E-state index contributed by atoms with van der Waals surface area (Å²) in [6, 6.07) is 12.1. The first-order chi connectivity index (χ1) is 23.3. The number of amides is 2. The highest BCUT2D eigenvalue weighted by molar-refractivity contribution is 6.68. The van der Waals surface area contributed by atoms with Crippen molar-refractivity contribution in [3.05, 3.63) is 70.8 Å². The molecule has 0 saturated carbocycles. The first kappa shape index (κ1) is 51.0. The molecule has 15 heteroatoms. The quantitative estimate of drug-likeness (QED) is 0.0576. The highest BCUT2D eigenvalue weighted by atomic mass is 35.5. The van der Waals surface area contributed by atoms with Gasteiger partial charge in [-0.3, -0.25) is 33.6 Å². The van der Waals surface area contributed by atoms with Gasteiger partial charge in [0.25, 0.3) is 22.3 Å². The monoisotopic (exact) mass is 757 g/mol. The van der Waals surface area contributed by atoms with Crippen LogP contribution in [-0.4, -0.2) is 75.2 Å². The van der Waals surface area contributed by atoms with E-state index in [1.165, 1.54) is 24.3 Å². The first-order valence-electron chi connectivity index (χ1n) is 15.8. The van der Waals surface area contributed by atoms with E-state index in [1.807, 2.05) is 0 Å². The zero-order valence-corrected chi connectivity index (χ0v) is 28.8. The van der Waals surface area contributed by atoms with Crippen LogP contribution in [0.2, 0.25) is 0 Å². The number of carbonyl (C=O) groups excluding carboxylic acids is 4. The summed E-state index contributed by atoms with van der Waals surface area (Å²) < 4.78 is 0. The van der Waals surface area contributed by atoms with Crippen LogP contribution in [0.4, 0.5) is 0 Å². The number of benzene rings is 2. The second kappa shape index (κ2) is 31.6. The molecule has 2 rings (SSSR count). The van der Waals surface area contributed by atoms with Gasteiger partial charge in [-0.1, -0.05) is 34.1 Å². The fourth-order valence-corrected chi connectivity index (χ4v) is 4.12. The summed E-state index contributed by atoms with van der Waals surface area (Å²) in [5.41, 5.74) is 6.80. The Bertz CT molecular complexity index is 1250. The average Bonchev–Trinajstić information content (AvgIpc) is 3.06. The molecule has 0 aliphatic carbocycles. The van der Waals surface area contributed by atoms with Crippen molar-refractivity contribution >= 4 is 63.4 Å². The molecule has 0 aromatic heterocycles. The van der Waals surface area contributed by atoms with E-state index in [4.69, 9.17) is 44.3 Å². The molecule has 2 aromatic rings. The zero-order chi connectivity index (χ0) is 37.0. The van der Waals surface area contributed by atoms with Gasteiger partial charge in [0.05, 0.1) is 0 Å². The molecule has 286 valence electrons. The fraction of sp³-hybridized carbons (Fsp3) is 0.472. The van der Waals surface area contributed by atoms with E-state index in [0.717, 1.165) is 32.1 Å². The Morgan fingerprint density at radius 3 is 1.00 bits per heavy atom. The maximum atomic E-state index is 12.0. The van der Waals surface area contributed by atoms with Gasteiger partial charge in [-0.25, -0.2) is 0 Å². The van der Waals surface area contributed by atoms with E-state index >= 15 is 0 Å². The second-order valence-corrected chi connectivity index (χ2v) is 11.3. The van der Waals surface area contributed by atoms with Gasteiger partial charge in [-0.2, -0.15) is 0 Å². The molecule has 0 radical (unpaired) electrons. The van der Waals surface area contributed by atoms with E-state index in [-0.39, 0.29) is 45.9 Å². The summed E-state index contributed by atoms with van der Waals surface area (Å²) in [4.78, 5) is 76.0. The largest absolute Gasteiger partial charge is 0.481 e. The van der Waals surface area contributed by atoms with Crippen LogP contribution in [0.25, 0.3) is 0 Å². The van der Waals surface area contributed by atoms with Crippen LogP contribution in [0.15, 0.2) is 48.5 Å². The third-order valence-electron chi connectivity index (χ3n) is 6.55. The van der Waals surface area contributed by atoms with Gasteiger partial charge in [-0.05, 0) is 117 Å². The number of carbonyl (C=O) groups is 7. The normalized spacial score (nSPS) is 9.55. The topological polar surface area (TPSA) is 230 Å². The summed E-state index contributed by atoms with van der Waals surface area (Å²) >= 11 is 10.4. The molecule has 0 saturated heterocycles. The van der Waals surface area contributed by atoms with Crippen molar-refractivity contribution in [3.8, 4) is 0 Å². The molecule has 0 unspecified atom stereocenters. The molecule has 13 nitrogen and oxygen atoms in total. The zero-order valence-electron chi connectivity index (χ0n) is 27.3. The number of halogens is 2. The standard InChI is InChI=1S/C20H28N2O6.C8H4Cl2O2.C6H13NO2.2CH4/c23-17(24)7-3-1-5-13-21-19(27)15-9-11-16(12-10-15)20(28)22-14-6-2-4-8-18(25)26;9-7(11)5-1-2-6(4-3-5)8(10)12;7-5-3-1-2-4-6(8)9;;/h9-12H,1-8,13-14H2,(H,21,27)(H,22,28)(H,23,24)(H,25,26);1-4H;1-5,7H2,(H,8,9);2*1H4. The summed E-state index contributed by atoms with van der Waals surface area (Å²) in [5, 5.41) is 29.7. The average molecular weight is 759 g/mol.